The van der Waals surface area contributed by atoms with Crippen molar-refractivity contribution in [3.63, 3.8) is 0 Å². The number of hydrogen-bond acceptors (Lipinski definition) is 2. The lowest BCUT2D eigenvalue weighted by Gasteiger charge is -2.13. The fourth-order valence-corrected chi connectivity index (χ4v) is 1.88. The summed E-state index contributed by atoms with van der Waals surface area (Å²) in [5, 5.41) is 9.31. The number of aliphatic hydroxyl groups excluding tert-OH is 1. The van der Waals surface area contributed by atoms with Crippen molar-refractivity contribution in [2.24, 2.45) is 5.92 Å². The Morgan fingerprint density at radius 3 is 2.56 bits per heavy atom. The zero-order chi connectivity index (χ0) is 11.6. The maximum Gasteiger partial charge on any atom is 0.0462 e. The largest absolute Gasteiger partial charge is 0.396 e. The molecule has 1 N–H and O–H groups in total. The standard InChI is InChI=1S/C14H22O2/c1-16-10-6-5-9-14(12-15)11-13-7-3-2-4-8-13/h2-4,7-8,14-15H,5-6,9-12H2,1H3. The van der Waals surface area contributed by atoms with E-state index in [1.807, 2.05) is 6.07 Å². The van der Waals surface area contributed by atoms with Crippen LogP contribution in [0.1, 0.15) is 24.8 Å². The van der Waals surface area contributed by atoms with Crippen LogP contribution in [-0.4, -0.2) is 25.4 Å². The predicted molar refractivity (Wildman–Crippen MR) is 66.4 cm³/mol. The van der Waals surface area contributed by atoms with Crippen LogP contribution < -0.4 is 0 Å². The highest BCUT2D eigenvalue weighted by Gasteiger charge is 2.07. The van der Waals surface area contributed by atoms with E-state index in [4.69, 9.17) is 4.74 Å². The van der Waals surface area contributed by atoms with Crippen molar-refractivity contribution < 1.29 is 9.84 Å². The van der Waals surface area contributed by atoms with E-state index in [9.17, 15) is 5.11 Å². The first-order chi connectivity index (χ1) is 7.86. The van der Waals surface area contributed by atoms with E-state index in [1.54, 1.807) is 7.11 Å². The van der Waals surface area contributed by atoms with Gasteiger partial charge in [0, 0.05) is 20.3 Å². The molecule has 0 spiro atoms. The molecule has 0 saturated heterocycles. The maximum atomic E-state index is 9.31. The van der Waals surface area contributed by atoms with Gasteiger partial charge in [-0.3, -0.25) is 0 Å². The van der Waals surface area contributed by atoms with E-state index < -0.39 is 0 Å². The molecule has 16 heavy (non-hydrogen) atoms. The van der Waals surface area contributed by atoms with Crippen molar-refractivity contribution in [1.29, 1.82) is 0 Å². The molecule has 0 amide bonds. The van der Waals surface area contributed by atoms with Gasteiger partial charge >= 0.3 is 0 Å². The highest BCUT2D eigenvalue weighted by atomic mass is 16.5. The molecule has 0 aromatic heterocycles. The van der Waals surface area contributed by atoms with Gasteiger partial charge in [-0.1, -0.05) is 36.8 Å². The summed E-state index contributed by atoms with van der Waals surface area (Å²) in [5.74, 6) is 0.388. The average Bonchev–Trinajstić information content (AvgIpc) is 2.34. The number of rotatable bonds is 8. The predicted octanol–water partition coefficient (Wildman–Crippen LogP) is 2.65. The Morgan fingerprint density at radius 1 is 1.19 bits per heavy atom. The van der Waals surface area contributed by atoms with Crippen LogP contribution >= 0.6 is 0 Å². The molecule has 0 bridgehead atoms. The molecule has 0 heterocycles. The number of benzene rings is 1. The number of methoxy groups -OCH3 is 1. The molecular weight excluding hydrogens is 200 g/mol. The van der Waals surface area contributed by atoms with E-state index in [0.717, 1.165) is 32.3 Å². The van der Waals surface area contributed by atoms with Gasteiger partial charge in [0.2, 0.25) is 0 Å². The summed E-state index contributed by atoms with van der Waals surface area (Å²) in [6.07, 6.45) is 4.27. The van der Waals surface area contributed by atoms with E-state index in [0.29, 0.717) is 5.92 Å². The lowest BCUT2D eigenvalue weighted by Crippen LogP contribution is -2.10. The lowest BCUT2D eigenvalue weighted by molar-refractivity contribution is 0.181. The first-order valence-electron chi connectivity index (χ1n) is 6.00. The fraction of sp³-hybridized carbons (Fsp3) is 0.571. The summed E-state index contributed by atoms with van der Waals surface area (Å²) >= 11 is 0. The van der Waals surface area contributed by atoms with E-state index >= 15 is 0 Å². The van der Waals surface area contributed by atoms with Crippen molar-refractivity contribution in [3.8, 4) is 0 Å². The molecule has 1 atom stereocenters. The molecule has 2 heteroatoms. The van der Waals surface area contributed by atoms with E-state index in [2.05, 4.69) is 24.3 Å². The third-order valence-electron chi connectivity index (χ3n) is 2.84. The summed E-state index contributed by atoms with van der Waals surface area (Å²) in [6, 6.07) is 10.4. The molecule has 1 rings (SSSR count). The van der Waals surface area contributed by atoms with Crippen molar-refractivity contribution in [2.75, 3.05) is 20.3 Å². The van der Waals surface area contributed by atoms with Crippen LogP contribution in [0.15, 0.2) is 30.3 Å². The Kier molecular flexibility index (Phi) is 6.86. The van der Waals surface area contributed by atoms with E-state index in [-0.39, 0.29) is 6.61 Å². The summed E-state index contributed by atoms with van der Waals surface area (Å²) < 4.78 is 5.01. The second-order valence-corrected chi connectivity index (χ2v) is 4.23. The summed E-state index contributed by atoms with van der Waals surface area (Å²) in [7, 11) is 1.73. The minimum atomic E-state index is 0.280. The van der Waals surface area contributed by atoms with Crippen molar-refractivity contribution in [2.45, 2.75) is 25.7 Å². The summed E-state index contributed by atoms with van der Waals surface area (Å²) in [4.78, 5) is 0. The minimum absolute atomic E-state index is 0.280. The molecule has 2 nitrogen and oxygen atoms in total. The fourth-order valence-electron chi connectivity index (χ4n) is 1.88. The van der Waals surface area contributed by atoms with Crippen LogP contribution in [0.25, 0.3) is 0 Å². The van der Waals surface area contributed by atoms with Gasteiger partial charge in [-0.2, -0.15) is 0 Å². The summed E-state index contributed by atoms with van der Waals surface area (Å²) in [6.45, 7) is 1.10. The molecule has 0 aliphatic rings. The molecule has 90 valence electrons. The van der Waals surface area contributed by atoms with Crippen LogP contribution in [0.3, 0.4) is 0 Å². The zero-order valence-electron chi connectivity index (χ0n) is 10.1. The Bertz CT molecular complexity index is 259. The number of aliphatic hydroxyl groups is 1. The zero-order valence-corrected chi connectivity index (χ0v) is 10.1. The highest BCUT2D eigenvalue weighted by Crippen LogP contribution is 2.14. The SMILES string of the molecule is COCCCCC(CO)Cc1ccccc1. The summed E-state index contributed by atoms with van der Waals surface area (Å²) in [5.41, 5.74) is 1.31. The first-order valence-corrected chi connectivity index (χ1v) is 6.00. The van der Waals surface area contributed by atoms with Crippen molar-refractivity contribution in [3.05, 3.63) is 35.9 Å². The third kappa shape index (κ3) is 5.29. The van der Waals surface area contributed by atoms with Crippen molar-refractivity contribution in [1.82, 2.24) is 0 Å². The first kappa shape index (κ1) is 13.2. The lowest BCUT2D eigenvalue weighted by atomic mass is 9.95. The number of hydrogen-bond donors (Lipinski definition) is 1. The Labute approximate surface area is 98.3 Å². The van der Waals surface area contributed by atoms with Gasteiger partial charge in [0.15, 0.2) is 0 Å². The molecule has 0 aliphatic heterocycles. The molecule has 1 aromatic carbocycles. The number of ether oxygens (including phenoxy) is 1. The Morgan fingerprint density at radius 2 is 1.94 bits per heavy atom. The second-order valence-electron chi connectivity index (χ2n) is 4.23. The van der Waals surface area contributed by atoms with Crippen LogP contribution in [0, 0.1) is 5.92 Å². The molecule has 1 unspecified atom stereocenters. The van der Waals surface area contributed by atoms with Gasteiger partial charge in [0.1, 0.15) is 0 Å². The second kappa shape index (κ2) is 8.31. The molecule has 0 saturated carbocycles. The monoisotopic (exact) mass is 222 g/mol. The van der Waals surface area contributed by atoms with Gasteiger partial charge in [-0.05, 0) is 30.7 Å². The third-order valence-corrected chi connectivity index (χ3v) is 2.84. The van der Waals surface area contributed by atoms with Crippen LogP contribution in [0.5, 0.6) is 0 Å². The normalized spacial score (nSPS) is 12.6. The topological polar surface area (TPSA) is 29.5 Å². The van der Waals surface area contributed by atoms with Crippen LogP contribution in [-0.2, 0) is 11.2 Å². The molecule has 0 radical (unpaired) electrons. The highest BCUT2D eigenvalue weighted by molar-refractivity contribution is 5.15. The molecular formula is C14H22O2. The molecule has 0 aliphatic carbocycles. The molecule has 1 aromatic rings. The van der Waals surface area contributed by atoms with Crippen molar-refractivity contribution >= 4 is 0 Å². The molecule has 0 fully saturated rings. The van der Waals surface area contributed by atoms with Gasteiger partial charge in [0.05, 0.1) is 0 Å². The van der Waals surface area contributed by atoms with Gasteiger partial charge in [0.25, 0.3) is 0 Å². The van der Waals surface area contributed by atoms with Gasteiger partial charge in [-0.15, -0.1) is 0 Å². The minimum Gasteiger partial charge on any atom is -0.396 e. The van der Waals surface area contributed by atoms with Gasteiger partial charge < -0.3 is 9.84 Å². The van der Waals surface area contributed by atoms with E-state index in [1.165, 1.54) is 5.56 Å². The van der Waals surface area contributed by atoms with Crippen LogP contribution in [0.2, 0.25) is 0 Å². The quantitative estimate of drug-likeness (QED) is 0.685. The Hall–Kier alpha value is -0.860. The average molecular weight is 222 g/mol. The number of unbranched alkanes of at least 4 members (excludes halogenated alkanes) is 1. The van der Waals surface area contributed by atoms with Gasteiger partial charge in [-0.25, -0.2) is 0 Å². The maximum absolute atomic E-state index is 9.31. The Balaban J connectivity index is 2.26. The van der Waals surface area contributed by atoms with Crippen LogP contribution in [0.4, 0.5) is 0 Å². The smallest absolute Gasteiger partial charge is 0.0462 e.